The Bertz CT molecular complexity index is 561. The molecule has 130 valence electrons. The first-order valence-electron chi connectivity index (χ1n) is 9.62. The van der Waals surface area contributed by atoms with Crippen molar-refractivity contribution in [1.82, 2.24) is 9.80 Å². The molecule has 1 amide bonds. The molecule has 2 aliphatic heterocycles. The van der Waals surface area contributed by atoms with E-state index in [0.29, 0.717) is 12.3 Å². The Morgan fingerprint density at radius 1 is 0.917 bits per heavy atom. The van der Waals surface area contributed by atoms with Crippen molar-refractivity contribution in [1.29, 1.82) is 0 Å². The van der Waals surface area contributed by atoms with Crippen LogP contribution in [-0.2, 0) is 11.3 Å². The van der Waals surface area contributed by atoms with E-state index in [2.05, 4.69) is 39.0 Å². The summed E-state index contributed by atoms with van der Waals surface area (Å²) in [5, 5.41) is 0. The molecule has 3 fully saturated rings. The van der Waals surface area contributed by atoms with E-state index in [1.807, 2.05) is 0 Å². The molecule has 1 aromatic rings. The number of hydrogen-bond donors (Lipinski definition) is 0. The molecule has 4 rings (SSSR count). The van der Waals surface area contributed by atoms with E-state index in [9.17, 15) is 4.79 Å². The van der Waals surface area contributed by atoms with Gasteiger partial charge in [0.15, 0.2) is 0 Å². The second kappa shape index (κ2) is 7.14. The third-order valence-electron chi connectivity index (χ3n) is 5.67. The van der Waals surface area contributed by atoms with E-state index >= 15 is 0 Å². The molecule has 1 saturated carbocycles. The lowest BCUT2D eigenvalue weighted by molar-refractivity contribution is -0.130. The number of anilines is 1. The first-order valence-corrected chi connectivity index (χ1v) is 9.62. The largest absolute Gasteiger partial charge is 0.372 e. The molecule has 0 unspecified atom stereocenters. The molecule has 4 heteroatoms. The fourth-order valence-electron chi connectivity index (χ4n) is 3.92. The average Bonchev–Trinajstić information content (AvgIpc) is 3.29. The number of nitrogens with zero attached hydrogens (tertiary/aromatic N) is 3. The van der Waals surface area contributed by atoms with Gasteiger partial charge in [0, 0.05) is 57.9 Å². The molecule has 0 atom stereocenters. The Morgan fingerprint density at radius 2 is 1.67 bits per heavy atom. The normalized spacial score (nSPS) is 22.9. The van der Waals surface area contributed by atoms with E-state index in [4.69, 9.17) is 0 Å². The van der Waals surface area contributed by atoms with Crippen LogP contribution in [0.4, 0.5) is 5.69 Å². The standard InChI is InChI=1S/C20H29N3O/c24-20-9-12-21(13-14-23(20)16-18-3-4-18)15-17-5-7-19(8-6-17)22-10-1-2-11-22/h5-8,18H,1-4,9-16H2. The van der Waals surface area contributed by atoms with Gasteiger partial charge in [0.2, 0.25) is 5.91 Å². The summed E-state index contributed by atoms with van der Waals surface area (Å²) in [5.41, 5.74) is 2.72. The van der Waals surface area contributed by atoms with Crippen molar-refractivity contribution < 1.29 is 4.79 Å². The van der Waals surface area contributed by atoms with Crippen LogP contribution in [0.2, 0.25) is 0 Å². The van der Waals surface area contributed by atoms with E-state index in [1.54, 1.807) is 0 Å². The number of amides is 1. The lowest BCUT2D eigenvalue weighted by Crippen LogP contribution is -2.34. The molecule has 24 heavy (non-hydrogen) atoms. The second-order valence-electron chi connectivity index (χ2n) is 7.67. The molecule has 0 bridgehead atoms. The number of carbonyl (C=O) groups excluding carboxylic acids is 1. The van der Waals surface area contributed by atoms with Crippen LogP contribution in [0.1, 0.15) is 37.7 Å². The first-order chi connectivity index (χ1) is 11.8. The number of benzene rings is 1. The van der Waals surface area contributed by atoms with Gasteiger partial charge in [-0.25, -0.2) is 0 Å². The van der Waals surface area contributed by atoms with Crippen molar-refractivity contribution >= 4 is 11.6 Å². The molecule has 2 saturated heterocycles. The second-order valence-corrected chi connectivity index (χ2v) is 7.67. The van der Waals surface area contributed by atoms with E-state index < -0.39 is 0 Å². The summed E-state index contributed by atoms with van der Waals surface area (Å²) in [6, 6.07) is 9.07. The number of rotatable bonds is 5. The lowest BCUT2D eigenvalue weighted by atomic mass is 10.2. The van der Waals surface area contributed by atoms with Crippen LogP contribution >= 0.6 is 0 Å². The molecule has 0 spiro atoms. The van der Waals surface area contributed by atoms with Crippen LogP contribution < -0.4 is 4.90 Å². The van der Waals surface area contributed by atoms with Crippen molar-refractivity contribution in [2.75, 3.05) is 44.2 Å². The molecular formula is C20H29N3O. The van der Waals surface area contributed by atoms with Gasteiger partial charge in [-0.05, 0) is 49.3 Å². The van der Waals surface area contributed by atoms with E-state index in [-0.39, 0.29) is 0 Å². The van der Waals surface area contributed by atoms with Crippen LogP contribution in [0.3, 0.4) is 0 Å². The monoisotopic (exact) mass is 327 g/mol. The highest BCUT2D eigenvalue weighted by Crippen LogP contribution is 2.30. The fourth-order valence-corrected chi connectivity index (χ4v) is 3.92. The van der Waals surface area contributed by atoms with Crippen molar-refractivity contribution in [2.24, 2.45) is 5.92 Å². The molecule has 0 radical (unpaired) electrons. The van der Waals surface area contributed by atoms with Crippen LogP contribution in [0.5, 0.6) is 0 Å². The maximum absolute atomic E-state index is 12.3. The summed E-state index contributed by atoms with van der Waals surface area (Å²) in [6.45, 7) is 7.16. The van der Waals surface area contributed by atoms with Gasteiger partial charge in [0.1, 0.15) is 0 Å². The van der Waals surface area contributed by atoms with Gasteiger partial charge in [-0.15, -0.1) is 0 Å². The fraction of sp³-hybridized carbons (Fsp3) is 0.650. The summed E-state index contributed by atoms with van der Waals surface area (Å²) >= 11 is 0. The zero-order chi connectivity index (χ0) is 16.4. The quantitative estimate of drug-likeness (QED) is 0.832. The molecule has 1 aromatic carbocycles. The number of carbonyl (C=O) groups is 1. The predicted octanol–water partition coefficient (Wildman–Crippen LogP) is 2.73. The topological polar surface area (TPSA) is 26.8 Å². The summed E-state index contributed by atoms with van der Waals surface area (Å²) in [7, 11) is 0. The van der Waals surface area contributed by atoms with Crippen LogP contribution in [-0.4, -0.2) is 55.0 Å². The van der Waals surface area contributed by atoms with Crippen LogP contribution in [0.25, 0.3) is 0 Å². The summed E-state index contributed by atoms with van der Waals surface area (Å²) in [6.07, 6.45) is 5.95. The maximum atomic E-state index is 12.3. The van der Waals surface area contributed by atoms with Crippen molar-refractivity contribution in [3.63, 3.8) is 0 Å². The Hall–Kier alpha value is -1.55. The average molecular weight is 327 g/mol. The SMILES string of the molecule is O=C1CCN(Cc2ccc(N3CCCC3)cc2)CCN1CC1CC1. The van der Waals surface area contributed by atoms with Crippen molar-refractivity contribution in [3.8, 4) is 0 Å². The highest BCUT2D eigenvalue weighted by atomic mass is 16.2. The summed E-state index contributed by atoms with van der Waals surface area (Å²) in [4.78, 5) is 19.3. The molecule has 2 heterocycles. The van der Waals surface area contributed by atoms with E-state index in [1.165, 1.54) is 50.0 Å². The maximum Gasteiger partial charge on any atom is 0.223 e. The van der Waals surface area contributed by atoms with Gasteiger partial charge in [0.25, 0.3) is 0 Å². The molecule has 0 aromatic heterocycles. The van der Waals surface area contributed by atoms with Crippen molar-refractivity contribution in [3.05, 3.63) is 29.8 Å². The molecule has 1 aliphatic carbocycles. The number of hydrogen-bond acceptors (Lipinski definition) is 3. The van der Waals surface area contributed by atoms with Gasteiger partial charge >= 0.3 is 0 Å². The Kier molecular flexibility index (Phi) is 4.74. The van der Waals surface area contributed by atoms with Crippen LogP contribution in [0, 0.1) is 5.92 Å². The van der Waals surface area contributed by atoms with Gasteiger partial charge < -0.3 is 9.80 Å². The highest BCUT2D eigenvalue weighted by molar-refractivity contribution is 5.76. The highest BCUT2D eigenvalue weighted by Gasteiger charge is 2.28. The summed E-state index contributed by atoms with van der Waals surface area (Å²) in [5.74, 6) is 1.15. The minimum absolute atomic E-state index is 0.355. The lowest BCUT2D eigenvalue weighted by Gasteiger charge is -2.22. The van der Waals surface area contributed by atoms with E-state index in [0.717, 1.165) is 38.6 Å². The zero-order valence-electron chi connectivity index (χ0n) is 14.6. The Morgan fingerprint density at radius 3 is 2.38 bits per heavy atom. The smallest absolute Gasteiger partial charge is 0.223 e. The molecule has 0 N–H and O–H groups in total. The van der Waals surface area contributed by atoms with Crippen LogP contribution in [0.15, 0.2) is 24.3 Å². The predicted molar refractivity (Wildman–Crippen MR) is 97.1 cm³/mol. The molecular weight excluding hydrogens is 298 g/mol. The first kappa shape index (κ1) is 15.9. The zero-order valence-corrected chi connectivity index (χ0v) is 14.6. The summed E-state index contributed by atoms with van der Waals surface area (Å²) < 4.78 is 0. The third kappa shape index (κ3) is 3.92. The Labute approximate surface area is 145 Å². The molecule has 3 aliphatic rings. The Balaban J connectivity index is 1.32. The van der Waals surface area contributed by atoms with Gasteiger partial charge in [-0.2, -0.15) is 0 Å². The van der Waals surface area contributed by atoms with Crippen molar-refractivity contribution in [2.45, 2.75) is 38.6 Å². The van der Waals surface area contributed by atoms with Gasteiger partial charge in [-0.1, -0.05) is 12.1 Å². The minimum atomic E-state index is 0.355. The van der Waals surface area contributed by atoms with Gasteiger partial charge in [-0.3, -0.25) is 9.69 Å². The minimum Gasteiger partial charge on any atom is -0.372 e. The molecule has 4 nitrogen and oxygen atoms in total. The van der Waals surface area contributed by atoms with Gasteiger partial charge in [0.05, 0.1) is 0 Å². The third-order valence-corrected chi connectivity index (χ3v) is 5.67.